The van der Waals surface area contributed by atoms with E-state index in [1.807, 2.05) is 0 Å². The van der Waals surface area contributed by atoms with Gasteiger partial charge in [-0.25, -0.2) is 9.98 Å². The van der Waals surface area contributed by atoms with Crippen LogP contribution in [0.3, 0.4) is 0 Å². The molecule has 2 atom stereocenters. The minimum atomic E-state index is -0.429. The zero-order chi connectivity index (χ0) is 21.1. The molecular formula is C24H30N4O2. The lowest BCUT2D eigenvalue weighted by Gasteiger charge is -2.25. The summed E-state index contributed by atoms with van der Waals surface area (Å²) >= 11 is 0. The standard InChI is InChI=1S/C24H30N4O2/c1-5-15-29-23-25-21-22(27(23)19-11-7-17(3)8-12-19)26-24(30-16-6-2)28(21)20-13-9-18(4)10-14-20/h7-14,23-24H,5-6,15-16H2,1-4H3. The lowest BCUT2D eigenvalue weighted by molar-refractivity contribution is 0.0612. The lowest BCUT2D eigenvalue weighted by atomic mass is 10.2. The number of rotatable bonds is 8. The number of aliphatic imine (C=N–C) groups is 2. The SMILES string of the molecule is CCCOC1N=C2C(=NC(OCCC)N2c2ccc(C)cc2)N1c1ccc(C)cc1. The number of hydrogen-bond donors (Lipinski definition) is 0. The Hall–Kier alpha value is -2.70. The van der Waals surface area contributed by atoms with Gasteiger partial charge in [-0.1, -0.05) is 49.2 Å². The van der Waals surface area contributed by atoms with E-state index in [4.69, 9.17) is 19.5 Å². The highest BCUT2D eigenvalue weighted by molar-refractivity contribution is 6.52. The number of hydrogen-bond acceptors (Lipinski definition) is 6. The van der Waals surface area contributed by atoms with Crippen molar-refractivity contribution in [3.05, 3.63) is 59.7 Å². The van der Waals surface area contributed by atoms with Gasteiger partial charge in [0.2, 0.25) is 12.7 Å². The molecule has 4 rings (SSSR count). The average molecular weight is 407 g/mol. The summed E-state index contributed by atoms with van der Waals surface area (Å²) < 4.78 is 12.2. The van der Waals surface area contributed by atoms with Gasteiger partial charge in [0.1, 0.15) is 0 Å². The average Bonchev–Trinajstić information content (AvgIpc) is 3.27. The first-order chi connectivity index (χ1) is 14.6. The van der Waals surface area contributed by atoms with Gasteiger partial charge >= 0.3 is 0 Å². The van der Waals surface area contributed by atoms with Crippen molar-refractivity contribution in [3.8, 4) is 0 Å². The van der Waals surface area contributed by atoms with Crippen LogP contribution in [0.1, 0.15) is 37.8 Å². The van der Waals surface area contributed by atoms with E-state index < -0.39 is 12.7 Å². The van der Waals surface area contributed by atoms with Crippen LogP contribution in [-0.2, 0) is 9.47 Å². The van der Waals surface area contributed by atoms with Gasteiger partial charge in [-0.2, -0.15) is 0 Å². The predicted octanol–water partition coefficient (Wildman–Crippen LogP) is 4.86. The summed E-state index contributed by atoms with van der Waals surface area (Å²) in [6.07, 6.45) is 1.00. The van der Waals surface area contributed by atoms with Crippen LogP contribution in [0.2, 0.25) is 0 Å². The fourth-order valence-corrected chi connectivity index (χ4v) is 3.57. The lowest BCUT2D eigenvalue weighted by Crippen LogP contribution is -2.40. The van der Waals surface area contributed by atoms with Gasteiger partial charge in [-0.15, -0.1) is 0 Å². The normalized spacial score (nSPS) is 20.4. The van der Waals surface area contributed by atoms with E-state index in [0.717, 1.165) is 35.9 Å². The van der Waals surface area contributed by atoms with Crippen molar-refractivity contribution in [3.63, 3.8) is 0 Å². The monoisotopic (exact) mass is 406 g/mol. The first kappa shape index (κ1) is 20.6. The molecule has 0 spiro atoms. The summed E-state index contributed by atoms with van der Waals surface area (Å²) in [5.74, 6) is 1.59. The molecule has 30 heavy (non-hydrogen) atoms. The number of nitrogens with zero attached hydrogens (tertiary/aromatic N) is 4. The third kappa shape index (κ3) is 3.98. The number of ether oxygens (including phenoxy) is 2. The van der Waals surface area contributed by atoms with Gasteiger partial charge in [0.15, 0.2) is 11.7 Å². The molecule has 0 bridgehead atoms. The summed E-state index contributed by atoms with van der Waals surface area (Å²) in [5.41, 5.74) is 4.45. The molecule has 158 valence electrons. The minimum absolute atomic E-state index is 0.429. The van der Waals surface area contributed by atoms with Crippen molar-refractivity contribution >= 4 is 23.0 Å². The summed E-state index contributed by atoms with van der Waals surface area (Å²) in [7, 11) is 0. The zero-order valence-corrected chi connectivity index (χ0v) is 18.2. The van der Waals surface area contributed by atoms with Crippen molar-refractivity contribution in [1.29, 1.82) is 0 Å². The molecule has 6 heteroatoms. The maximum atomic E-state index is 6.10. The molecule has 6 nitrogen and oxygen atoms in total. The molecule has 0 saturated heterocycles. The molecule has 2 aliphatic heterocycles. The van der Waals surface area contributed by atoms with E-state index in [2.05, 4.69) is 86.0 Å². The van der Waals surface area contributed by atoms with Crippen LogP contribution in [0.25, 0.3) is 0 Å². The molecule has 2 aromatic rings. The molecular weight excluding hydrogens is 376 g/mol. The Labute approximate surface area is 178 Å². The first-order valence-corrected chi connectivity index (χ1v) is 10.7. The van der Waals surface area contributed by atoms with Crippen LogP contribution in [-0.4, -0.2) is 37.6 Å². The van der Waals surface area contributed by atoms with Crippen molar-refractivity contribution in [1.82, 2.24) is 0 Å². The summed E-state index contributed by atoms with van der Waals surface area (Å²) in [6, 6.07) is 16.8. The van der Waals surface area contributed by atoms with Gasteiger partial charge in [0.25, 0.3) is 0 Å². The molecule has 0 aromatic heterocycles. The second-order valence-corrected chi connectivity index (χ2v) is 7.71. The van der Waals surface area contributed by atoms with Crippen LogP contribution >= 0.6 is 0 Å². The molecule has 0 fully saturated rings. The quantitative estimate of drug-likeness (QED) is 0.628. The van der Waals surface area contributed by atoms with Gasteiger partial charge in [0, 0.05) is 11.4 Å². The Balaban J connectivity index is 1.73. The van der Waals surface area contributed by atoms with E-state index in [1.54, 1.807) is 0 Å². The Morgan fingerprint density at radius 3 is 1.37 bits per heavy atom. The van der Waals surface area contributed by atoms with Crippen molar-refractivity contribution in [2.45, 2.75) is 53.2 Å². The van der Waals surface area contributed by atoms with Gasteiger partial charge < -0.3 is 9.47 Å². The molecule has 0 saturated carbocycles. The van der Waals surface area contributed by atoms with Crippen LogP contribution in [0, 0.1) is 13.8 Å². The zero-order valence-electron chi connectivity index (χ0n) is 18.2. The van der Waals surface area contributed by atoms with Crippen molar-refractivity contribution in [2.75, 3.05) is 23.0 Å². The highest BCUT2D eigenvalue weighted by Crippen LogP contribution is 2.33. The number of fused-ring (bicyclic) bond motifs is 1. The third-order valence-corrected chi connectivity index (χ3v) is 5.13. The smallest absolute Gasteiger partial charge is 0.235 e. The molecule has 2 unspecified atom stereocenters. The Morgan fingerprint density at radius 2 is 1.03 bits per heavy atom. The van der Waals surface area contributed by atoms with E-state index in [0.29, 0.717) is 13.2 Å². The van der Waals surface area contributed by atoms with Crippen LogP contribution in [0.5, 0.6) is 0 Å². The summed E-state index contributed by atoms with van der Waals surface area (Å²) in [5, 5.41) is 0. The highest BCUT2D eigenvalue weighted by Gasteiger charge is 2.44. The van der Waals surface area contributed by atoms with Crippen LogP contribution < -0.4 is 9.80 Å². The molecule has 2 heterocycles. The third-order valence-electron chi connectivity index (χ3n) is 5.13. The Kier molecular flexibility index (Phi) is 6.16. The molecule has 0 radical (unpaired) electrons. The maximum absolute atomic E-state index is 6.10. The van der Waals surface area contributed by atoms with Crippen LogP contribution in [0.4, 0.5) is 11.4 Å². The fourth-order valence-electron chi connectivity index (χ4n) is 3.57. The first-order valence-electron chi connectivity index (χ1n) is 10.7. The molecule has 0 aliphatic carbocycles. The van der Waals surface area contributed by atoms with E-state index in [1.165, 1.54) is 11.1 Å². The molecule has 0 amide bonds. The van der Waals surface area contributed by atoms with Crippen molar-refractivity contribution in [2.24, 2.45) is 9.98 Å². The molecule has 2 aliphatic rings. The highest BCUT2D eigenvalue weighted by atomic mass is 16.5. The fraction of sp³-hybridized carbons (Fsp3) is 0.417. The van der Waals surface area contributed by atoms with E-state index in [9.17, 15) is 0 Å². The van der Waals surface area contributed by atoms with Gasteiger partial charge in [0.05, 0.1) is 13.2 Å². The van der Waals surface area contributed by atoms with Gasteiger partial charge in [-0.3, -0.25) is 9.80 Å². The second-order valence-electron chi connectivity index (χ2n) is 7.71. The van der Waals surface area contributed by atoms with Gasteiger partial charge in [-0.05, 0) is 51.0 Å². The van der Waals surface area contributed by atoms with E-state index >= 15 is 0 Å². The Bertz CT molecular complexity index is 844. The number of amidine groups is 2. The number of benzene rings is 2. The predicted molar refractivity (Wildman–Crippen MR) is 122 cm³/mol. The molecule has 2 aromatic carbocycles. The minimum Gasteiger partial charge on any atom is -0.339 e. The second kappa shape index (κ2) is 8.98. The maximum Gasteiger partial charge on any atom is 0.235 e. The van der Waals surface area contributed by atoms with Crippen LogP contribution in [0.15, 0.2) is 58.5 Å². The Morgan fingerprint density at radius 1 is 0.667 bits per heavy atom. The summed E-state index contributed by atoms with van der Waals surface area (Å²) in [4.78, 5) is 14.0. The number of aryl methyl sites for hydroxylation is 2. The van der Waals surface area contributed by atoms with Crippen molar-refractivity contribution < 1.29 is 9.47 Å². The largest absolute Gasteiger partial charge is 0.339 e. The molecule has 0 N–H and O–H groups in total. The topological polar surface area (TPSA) is 49.7 Å². The number of anilines is 2. The summed E-state index contributed by atoms with van der Waals surface area (Å²) in [6.45, 7) is 9.64. The van der Waals surface area contributed by atoms with E-state index in [-0.39, 0.29) is 0 Å².